The molecule has 0 aromatic rings. The molecule has 1 heterocycles. The molecule has 114 valence electrons. The van der Waals surface area contributed by atoms with E-state index in [1.807, 2.05) is 6.92 Å². The summed E-state index contributed by atoms with van der Waals surface area (Å²) in [4.78, 5) is 4.20. The van der Waals surface area contributed by atoms with Gasteiger partial charge in [0.1, 0.15) is 0 Å². The molecule has 1 fully saturated rings. The third-order valence-electron chi connectivity index (χ3n) is 3.12. The number of aliphatic imine (C=N–C) groups is 1. The predicted molar refractivity (Wildman–Crippen MR) is 89.5 cm³/mol. The number of hydrogen-bond acceptors (Lipinski definition) is 3. The zero-order chi connectivity index (χ0) is 13.3. The Hall–Kier alpha value is -0.0800. The molecule has 0 radical (unpaired) electrons. The molecule has 1 atom stereocenters. The number of ether oxygens (including phenoxy) is 2. The summed E-state index contributed by atoms with van der Waals surface area (Å²) in [6.07, 6.45) is 3.25. The first-order chi connectivity index (χ1) is 8.70. The van der Waals surface area contributed by atoms with Crippen molar-refractivity contribution in [1.29, 1.82) is 0 Å². The molecule has 1 saturated heterocycles. The zero-order valence-electron chi connectivity index (χ0n) is 12.3. The lowest BCUT2D eigenvalue weighted by Gasteiger charge is -2.24. The van der Waals surface area contributed by atoms with Gasteiger partial charge in [0.15, 0.2) is 5.96 Å². The van der Waals surface area contributed by atoms with Crippen LogP contribution in [0.15, 0.2) is 4.99 Å². The normalized spacial score (nSPS) is 23.0. The van der Waals surface area contributed by atoms with Crippen LogP contribution in [0.5, 0.6) is 0 Å². The first-order valence-corrected chi connectivity index (χ1v) is 6.86. The van der Waals surface area contributed by atoms with Crippen LogP contribution in [-0.4, -0.2) is 51.5 Å². The Kier molecular flexibility index (Phi) is 10.6. The molecule has 0 aromatic carbocycles. The van der Waals surface area contributed by atoms with Gasteiger partial charge in [0, 0.05) is 40.0 Å². The second-order valence-electron chi connectivity index (χ2n) is 4.80. The maximum absolute atomic E-state index is 5.73. The average molecular weight is 385 g/mol. The molecule has 0 amide bonds. The standard InChI is InChI=1S/C13H27N3O2.HI/c1-4-17-9-6-8-15-12(14-3)16-11-13(2)7-5-10-18-13;/h4-11H2,1-3H3,(H2,14,15,16);1H. The van der Waals surface area contributed by atoms with Gasteiger partial charge >= 0.3 is 0 Å². The van der Waals surface area contributed by atoms with Crippen molar-refractivity contribution in [2.24, 2.45) is 4.99 Å². The Morgan fingerprint density at radius 3 is 2.79 bits per heavy atom. The van der Waals surface area contributed by atoms with Crippen LogP contribution in [0.3, 0.4) is 0 Å². The van der Waals surface area contributed by atoms with Crippen LogP contribution in [0.2, 0.25) is 0 Å². The van der Waals surface area contributed by atoms with Crippen LogP contribution < -0.4 is 10.6 Å². The SMILES string of the molecule is CCOCCCNC(=NC)NCC1(C)CCCO1.I. The van der Waals surface area contributed by atoms with Crippen LogP contribution in [0, 0.1) is 0 Å². The van der Waals surface area contributed by atoms with Crippen LogP contribution in [-0.2, 0) is 9.47 Å². The maximum atomic E-state index is 5.73. The van der Waals surface area contributed by atoms with Crippen molar-refractivity contribution in [3.8, 4) is 0 Å². The highest BCUT2D eigenvalue weighted by atomic mass is 127. The number of nitrogens with one attached hydrogen (secondary N) is 2. The molecular weight excluding hydrogens is 357 g/mol. The summed E-state index contributed by atoms with van der Waals surface area (Å²) in [6, 6.07) is 0. The molecule has 0 bridgehead atoms. The Morgan fingerprint density at radius 2 is 2.21 bits per heavy atom. The van der Waals surface area contributed by atoms with Crippen molar-refractivity contribution in [3.63, 3.8) is 0 Å². The van der Waals surface area contributed by atoms with Crippen molar-refractivity contribution < 1.29 is 9.47 Å². The lowest BCUT2D eigenvalue weighted by Crippen LogP contribution is -2.45. The zero-order valence-corrected chi connectivity index (χ0v) is 14.7. The third-order valence-corrected chi connectivity index (χ3v) is 3.12. The number of rotatable bonds is 7. The van der Waals surface area contributed by atoms with Crippen molar-refractivity contribution in [2.45, 2.75) is 38.7 Å². The molecule has 6 heteroatoms. The molecular formula is C13H28IN3O2. The van der Waals surface area contributed by atoms with E-state index in [0.29, 0.717) is 0 Å². The van der Waals surface area contributed by atoms with Crippen molar-refractivity contribution in [1.82, 2.24) is 10.6 Å². The number of halogens is 1. The summed E-state index contributed by atoms with van der Waals surface area (Å²) in [5.41, 5.74) is -0.0387. The molecule has 0 saturated carbocycles. The lowest BCUT2D eigenvalue weighted by molar-refractivity contribution is 0.0242. The maximum Gasteiger partial charge on any atom is 0.191 e. The van der Waals surface area contributed by atoms with E-state index < -0.39 is 0 Å². The van der Waals surface area contributed by atoms with E-state index in [9.17, 15) is 0 Å². The minimum absolute atomic E-state index is 0. The molecule has 5 nitrogen and oxygen atoms in total. The molecule has 1 unspecified atom stereocenters. The van der Waals surface area contributed by atoms with E-state index >= 15 is 0 Å². The highest BCUT2D eigenvalue weighted by Gasteiger charge is 2.29. The van der Waals surface area contributed by atoms with Gasteiger partial charge in [-0.05, 0) is 33.1 Å². The molecule has 19 heavy (non-hydrogen) atoms. The average Bonchev–Trinajstić information content (AvgIpc) is 2.80. The van der Waals surface area contributed by atoms with Crippen LogP contribution in [0.25, 0.3) is 0 Å². The van der Waals surface area contributed by atoms with Gasteiger partial charge in [-0.25, -0.2) is 0 Å². The Labute approximate surface area is 133 Å². The second-order valence-corrected chi connectivity index (χ2v) is 4.80. The summed E-state index contributed by atoms with van der Waals surface area (Å²) in [6.45, 7) is 8.28. The van der Waals surface area contributed by atoms with Gasteiger partial charge in [-0.15, -0.1) is 24.0 Å². The quantitative estimate of drug-likeness (QED) is 0.304. The molecule has 1 aliphatic heterocycles. The van der Waals surface area contributed by atoms with E-state index in [0.717, 1.165) is 58.1 Å². The molecule has 1 aliphatic rings. The summed E-state index contributed by atoms with van der Waals surface area (Å²) in [5.74, 6) is 0.836. The van der Waals surface area contributed by atoms with E-state index in [4.69, 9.17) is 9.47 Å². The number of hydrogen-bond donors (Lipinski definition) is 2. The Morgan fingerprint density at radius 1 is 1.42 bits per heavy atom. The van der Waals surface area contributed by atoms with Crippen LogP contribution >= 0.6 is 24.0 Å². The van der Waals surface area contributed by atoms with E-state index in [1.165, 1.54) is 0 Å². The van der Waals surface area contributed by atoms with Gasteiger partial charge in [0.2, 0.25) is 0 Å². The van der Waals surface area contributed by atoms with Gasteiger partial charge in [-0.2, -0.15) is 0 Å². The van der Waals surface area contributed by atoms with Gasteiger partial charge in [-0.3, -0.25) is 4.99 Å². The fraction of sp³-hybridized carbons (Fsp3) is 0.923. The third kappa shape index (κ3) is 7.94. The summed E-state index contributed by atoms with van der Waals surface area (Å²) < 4.78 is 11.0. The lowest BCUT2D eigenvalue weighted by atomic mass is 10.0. The van der Waals surface area contributed by atoms with Crippen molar-refractivity contribution in [2.75, 3.05) is 40.0 Å². The van der Waals surface area contributed by atoms with E-state index in [-0.39, 0.29) is 29.6 Å². The fourth-order valence-corrected chi connectivity index (χ4v) is 1.99. The molecule has 2 N–H and O–H groups in total. The van der Waals surface area contributed by atoms with E-state index in [2.05, 4.69) is 22.5 Å². The Balaban J connectivity index is 0.00000324. The van der Waals surface area contributed by atoms with Gasteiger partial charge in [-0.1, -0.05) is 0 Å². The van der Waals surface area contributed by atoms with Crippen LogP contribution in [0.4, 0.5) is 0 Å². The first kappa shape index (κ1) is 18.9. The fourth-order valence-electron chi connectivity index (χ4n) is 1.99. The number of nitrogens with zero attached hydrogens (tertiary/aromatic N) is 1. The van der Waals surface area contributed by atoms with Crippen molar-refractivity contribution >= 4 is 29.9 Å². The van der Waals surface area contributed by atoms with E-state index in [1.54, 1.807) is 7.05 Å². The van der Waals surface area contributed by atoms with Gasteiger partial charge < -0.3 is 20.1 Å². The highest BCUT2D eigenvalue weighted by Crippen LogP contribution is 2.23. The molecule has 0 aromatic heterocycles. The summed E-state index contributed by atoms with van der Waals surface area (Å²) >= 11 is 0. The van der Waals surface area contributed by atoms with Crippen molar-refractivity contribution in [3.05, 3.63) is 0 Å². The minimum Gasteiger partial charge on any atom is -0.382 e. The highest BCUT2D eigenvalue weighted by molar-refractivity contribution is 14.0. The van der Waals surface area contributed by atoms with Gasteiger partial charge in [0.25, 0.3) is 0 Å². The monoisotopic (exact) mass is 385 g/mol. The number of guanidine groups is 1. The largest absolute Gasteiger partial charge is 0.382 e. The molecule has 0 spiro atoms. The molecule has 0 aliphatic carbocycles. The minimum atomic E-state index is -0.0387. The summed E-state index contributed by atoms with van der Waals surface area (Å²) in [5, 5.41) is 6.59. The Bertz CT molecular complexity index is 256. The topological polar surface area (TPSA) is 54.9 Å². The second kappa shape index (κ2) is 10.7. The first-order valence-electron chi connectivity index (χ1n) is 6.86. The van der Waals surface area contributed by atoms with Gasteiger partial charge in [0.05, 0.1) is 5.60 Å². The smallest absolute Gasteiger partial charge is 0.191 e. The predicted octanol–water partition coefficient (Wildman–Crippen LogP) is 1.77. The molecule has 1 rings (SSSR count). The summed E-state index contributed by atoms with van der Waals surface area (Å²) in [7, 11) is 1.79. The van der Waals surface area contributed by atoms with Crippen LogP contribution in [0.1, 0.15) is 33.1 Å².